The molecule has 0 radical (unpaired) electrons. The third kappa shape index (κ3) is 1.50. The molecule has 2 aliphatic heterocycles. The van der Waals surface area contributed by atoms with E-state index in [1.807, 2.05) is 0 Å². The molecule has 0 saturated heterocycles. The molecule has 0 bridgehead atoms. The van der Waals surface area contributed by atoms with Crippen LogP contribution in [0.15, 0.2) is 48.5 Å². The summed E-state index contributed by atoms with van der Waals surface area (Å²) in [7, 11) is 2.12. The van der Waals surface area contributed by atoms with Gasteiger partial charge in [-0.3, -0.25) is 0 Å². The highest BCUT2D eigenvalue weighted by atomic mass is 16.5. The lowest BCUT2D eigenvalue weighted by Gasteiger charge is -2.45. The Kier molecular flexibility index (Phi) is 2.54. The molecule has 0 N–H and O–H groups in total. The SMILES string of the molecule is Cc1ccc2c(c1)C=CC1(O2)N(C)c2ccccc2C1(C)C. The molecule has 0 aromatic heterocycles. The molecule has 0 fully saturated rings. The molecule has 112 valence electrons. The Balaban J connectivity index is 1.89. The predicted molar refractivity (Wildman–Crippen MR) is 91.4 cm³/mol. The number of likely N-dealkylation sites (N-methyl/N-ethyl adjacent to an activating group) is 1. The highest BCUT2D eigenvalue weighted by Gasteiger charge is 2.57. The summed E-state index contributed by atoms with van der Waals surface area (Å²) in [5.74, 6) is 0.959. The summed E-state index contributed by atoms with van der Waals surface area (Å²) in [5, 5.41) is 0. The summed E-state index contributed by atoms with van der Waals surface area (Å²) >= 11 is 0. The summed E-state index contributed by atoms with van der Waals surface area (Å²) in [6.07, 6.45) is 4.42. The van der Waals surface area contributed by atoms with Crippen molar-refractivity contribution >= 4 is 11.8 Å². The number of para-hydroxylation sites is 1. The van der Waals surface area contributed by atoms with Crippen molar-refractivity contribution in [3.05, 3.63) is 65.2 Å². The van der Waals surface area contributed by atoms with Gasteiger partial charge in [0, 0.05) is 18.3 Å². The molecule has 22 heavy (non-hydrogen) atoms. The average molecular weight is 291 g/mol. The van der Waals surface area contributed by atoms with E-state index >= 15 is 0 Å². The lowest BCUT2D eigenvalue weighted by Crippen LogP contribution is -2.58. The quantitative estimate of drug-likeness (QED) is 0.707. The Hall–Kier alpha value is -2.22. The van der Waals surface area contributed by atoms with E-state index in [2.05, 4.69) is 87.3 Å². The maximum Gasteiger partial charge on any atom is 0.211 e. The van der Waals surface area contributed by atoms with Crippen molar-refractivity contribution < 1.29 is 4.74 Å². The topological polar surface area (TPSA) is 12.5 Å². The Labute approximate surface area is 132 Å². The van der Waals surface area contributed by atoms with Crippen LogP contribution in [-0.4, -0.2) is 12.8 Å². The van der Waals surface area contributed by atoms with Gasteiger partial charge in [0.05, 0.1) is 5.41 Å². The summed E-state index contributed by atoms with van der Waals surface area (Å²) in [6.45, 7) is 6.64. The van der Waals surface area contributed by atoms with Crippen LogP contribution in [0.5, 0.6) is 5.75 Å². The third-order valence-corrected chi connectivity index (χ3v) is 5.25. The van der Waals surface area contributed by atoms with Crippen molar-refractivity contribution in [2.45, 2.75) is 31.9 Å². The van der Waals surface area contributed by atoms with Crippen LogP contribution in [0.1, 0.15) is 30.5 Å². The van der Waals surface area contributed by atoms with Crippen LogP contribution >= 0.6 is 0 Å². The number of hydrogen-bond donors (Lipinski definition) is 0. The van der Waals surface area contributed by atoms with E-state index in [0.29, 0.717) is 0 Å². The van der Waals surface area contributed by atoms with Gasteiger partial charge in [-0.25, -0.2) is 0 Å². The van der Waals surface area contributed by atoms with Crippen molar-refractivity contribution in [3.8, 4) is 5.75 Å². The van der Waals surface area contributed by atoms with Crippen LogP contribution < -0.4 is 9.64 Å². The number of aryl methyl sites for hydroxylation is 1. The molecule has 2 heterocycles. The Bertz CT molecular complexity index is 790. The van der Waals surface area contributed by atoms with Gasteiger partial charge in [-0.15, -0.1) is 0 Å². The van der Waals surface area contributed by atoms with Gasteiger partial charge in [0.1, 0.15) is 5.75 Å². The predicted octanol–water partition coefficient (Wildman–Crippen LogP) is 4.52. The second kappa shape index (κ2) is 4.16. The van der Waals surface area contributed by atoms with Crippen molar-refractivity contribution in [3.63, 3.8) is 0 Å². The largest absolute Gasteiger partial charge is 0.463 e. The van der Waals surface area contributed by atoms with Gasteiger partial charge in [0.25, 0.3) is 0 Å². The second-order valence-electron chi connectivity index (χ2n) is 6.87. The maximum atomic E-state index is 6.58. The van der Waals surface area contributed by atoms with Crippen molar-refractivity contribution in [1.29, 1.82) is 0 Å². The monoisotopic (exact) mass is 291 g/mol. The van der Waals surface area contributed by atoms with Crippen LogP contribution in [-0.2, 0) is 5.41 Å². The zero-order valence-corrected chi connectivity index (χ0v) is 13.6. The molecular formula is C20H21NO. The maximum absolute atomic E-state index is 6.58. The Morgan fingerprint density at radius 2 is 1.82 bits per heavy atom. The zero-order chi connectivity index (χ0) is 15.5. The lowest BCUT2D eigenvalue weighted by molar-refractivity contribution is 0.0581. The summed E-state index contributed by atoms with van der Waals surface area (Å²) in [6, 6.07) is 15.0. The van der Waals surface area contributed by atoms with Gasteiger partial charge in [0.2, 0.25) is 5.72 Å². The van der Waals surface area contributed by atoms with Gasteiger partial charge < -0.3 is 9.64 Å². The fraction of sp³-hybridized carbons (Fsp3) is 0.300. The molecule has 0 aliphatic carbocycles. The van der Waals surface area contributed by atoms with E-state index < -0.39 is 5.72 Å². The van der Waals surface area contributed by atoms with E-state index in [4.69, 9.17) is 4.74 Å². The van der Waals surface area contributed by atoms with Crippen molar-refractivity contribution in [1.82, 2.24) is 0 Å². The van der Waals surface area contributed by atoms with Crippen LogP contribution in [0.3, 0.4) is 0 Å². The number of anilines is 1. The summed E-state index contributed by atoms with van der Waals surface area (Å²) in [5.41, 5.74) is 4.39. The molecule has 1 unspecified atom stereocenters. The number of ether oxygens (including phenoxy) is 1. The average Bonchev–Trinajstić information content (AvgIpc) is 2.67. The van der Waals surface area contributed by atoms with Crippen molar-refractivity contribution in [2.24, 2.45) is 0 Å². The number of benzene rings is 2. The standard InChI is InChI=1S/C20H21NO/c1-14-9-10-18-15(13-14)11-12-20(22-18)19(2,3)16-7-5-6-8-17(16)21(20)4/h5-13H,1-4H3. The van der Waals surface area contributed by atoms with Gasteiger partial charge >= 0.3 is 0 Å². The van der Waals surface area contributed by atoms with E-state index in [1.54, 1.807) is 0 Å². The molecule has 2 heteroatoms. The first-order valence-corrected chi connectivity index (χ1v) is 7.78. The molecule has 2 aromatic carbocycles. The normalized spacial score (nSPS) is 24.1. The minimum atomic E-state index is -0.473. The highest BCUT2D eigenvalue weighted by Crippen LogP contribution is 2.54. The number of rotatable bonds is 0. The molecule has 1 spiro atoms. The van der Waals surface area contributed by atoms with Crippen LogP contribution in [0, 0.1) is 6.92 Å². The third-order valence-electron chi connectivity index (χ3n) is 5.25. The fourth-order valence-electron chi connectivity index (χ4n) is 3.90. The molecule has 1 atom stereocenters. The van der Waals surface area contributed by atoms with Crippen LogP contribution in [0.4, 0.5) is 5.69 Å². The summed E-state index contributed by atoms with van der Waals surface area (Å²) in [4.78, 5) is 2.27. The van der Waals surface area contributed by atoms with E-state index in [1.165, 1.54) is 16.8 Å². The van der Waals surface area contributed by atoms with E-state index in [-0.39, 0.29) is 5.41 Å². The summed E-state index contributed by atoms with van der Waals surface area (Å²) < 4.78 is 6.58. The molecule has 2 aliphatic rings. The lowest BCUT2D eigenvalue weighted by atomic mass is 9.76. The number of fused-ring (bicyclic) bond motifs is 2. The molecule has 2 nitrogen and oxygen atoms in total. The first kappa shape index (κ1) is 13.4. The number of nitrogens with zero attached hydrogens (tertiary/aromatic N) is 1. The fourth-order valence-corrected chi connectivity index (χ4v) is 3.90. The van der Waals surface area contributed by atoms with Gasteiger partial charge in [-0.1, -0.05) is 29.8 Å². The first-order chi connectivity index (χ1) is 10.5. The molecule has 2 aromatic rings. The molecule has 0 amide bonds. The van der Waals surface area contributed by atoms with Gasteiger partial charge in [0.15, 0.2) is 0 Å². The molecule has 0 saturated carbocycles. The van der Waals surface area contributed by atoms with E-state index in [0.717, 1.165) is 11.3 Å². The molecule has 4 rings (SSSR count). The first-order valence-electron chi connectivity index (χ1n) is 7.78. The van der Waals surface area contributed by atoms with Crippen LogP contribution in [0.25, 0.3) is 6.08 Å². The van der Waals surface area contributed by atoms with Crippen LogP contribution in [0.2, 0.25) is 0 Å². The number of hydrogen-bond acceptors (Lipinski definition) is 2. The van der Waals surface area contributed by atoms with E-state index in [9.17, 15) is 0 Å². The minimum absolute atomic E-state index is 0.128. The second-order valence-corrected chi connectivity index (χ2v) is 6.87. The highest BCUT2D eigenvalue weighted by molar-refractivity contribution is 5.72. The van der Waals surface area contributed by atoms with Crippen molar-refractivity contribution in [2.75, 3.05) is 11.9 Å². The molecular weight excluding hydrogens is 270 g/mol. The zero-order valence-electron chi connectivity index (χ0n) is 13.6. The minimum Gasteiger partial charge on any atom is -0.463 e. The Morgan fingerprint density at radius 3 is 2.59 bits per heavy atom. The smallest absolute Gasteiger partial charge is 0.211 e. The Morgan fingerprint density at radius 1 is 1.05 bits per heavy atom. The van der Waals surface area contributed by atoms with Gasteiger partial charge in [-0.05, 0) is 56.7 Å². The van der Waals surface area contributed by atoms with Gasteiger partial charge in [-0.2, -0.15) is 0 Å².